The third kappa shape index (κ3) is 4.08. The molecule has 1 saturated heterocycles. The fraction of sp³-hybridized carbons (Fsp3) is 0.429. The van der Waals surface area contributed by atoms with Gasteiger partial charge in [0.2, 0.25) is 0 Å². The van der Waals surface area contributed by atoms with E-state index in [1.807, 2.05) is 17.8 Å². The average molecular weight is 246 g/mol. The molecule has 1 fully saturated rings. The predicted molar refractivity (Wildman–Crippen MR) is 75.0 cm³/mol. The van der Waals surface area contributed by atoms with Crippen LogP contribution >= 0.6 is 11.8 Å². The molecule has 0 aliphatic carbocycles. The standard InChI is InChI=1S/C14H18N2S/c15-6-2-5-13-3-1-4-14(11-13)12-16-7-9-17-10-8-16/h1,3-4,11H,6-10,12,15H2. The number of thioether (sulfide) groups is 1. The van der Waals surface area contributed by atoms with Crippen LogP contribution in [0, 0.1) is 11.8 Å². The maximum Gasteiger partial charge on any atom is 0.0555 e. The quantitative estimate of drug-likeness (QED) is 0.803. The zero-order chi connectivity index (χ0) is 11.9. The zero-order valence-electron chi connectivity index (χ0n) is 9.98. The summed E-state index contributed by atoms with van der Waals surface area (Å²) < 4.78 is 0. The van der Waals surface area contributed by atoms with Gasteiger partial charge < -0.3 is 5.73 Å². The molecule has 0 aromatic heterocycles. The van der Waals surface area contributed by atoms with E-state index in [2.05, 4.69) is 34.9 Å². The first kappa shape index (κ1) is 12.5. The molecule has 1 aromatic carbocycles. The van der Waals surface area contributed by atoms with E-state index in [4.69, 9.17) is 5.73 Å². The molecule has 3 heteroatoms. The molecule has 0 saturated carbocycles. The maximum atomic E-state index is 5.38. The van der Waals surface area contributed by atoms with Crippen LogP contribution in [-0.2, 0) is 6.54 Å². The number of nitrogens with two attached hydrogens (primary N) is 1. The van der Waals surface area contributed by atoms with Crippen molar-refractivity contribution in [2.75, 3.05) is 31.1 Å². The highest BCUT2D eigenvalue weighted by Crippen LogP contribution is 2.13. The topological polar surface area (TPSA) is 29.3 Å². The predicted octanol–water partition coefficient (Wildman–Crippen LogP) is 1.55. The van der Waals surface area contributed by atoms with Crippen molar-refractivity contribution < 1.29 is 0 Å². The number of hydrogen-bond acceptors (Lipinski definition) is 3. The second kappa shape index (κ2) is 6.70. The number of hydrogen-bond donors (Lipinski definition) is 1. The van der Waals surface area contributed by atoms with Crippen molar-refractivity contribution in [1.82, 2.24) is 4.90 Å². The van der Waals surface area contributed by atoms with Crippen LogP contribution < -0.4 is 5.73 Å². The van der Waals surface area contributed by atoms with Gasteiger partial charge in [-0.05, 0) is 17.7 Å². The molecular weight excluding hydrogens is 228 g/mol. The van der Waals surface area contributed by atoms with Crippen LogP contribution in [0.5, 0.6) is 0 Å². The van der Waals surface area contributed by atoms with Gasteiger partial charge in [0.1, 0.15) is 0 Å². The Balaban J connectivity index is 2.00. The van der Waals surface area contributed by atoms with Crippen LogP contribution in [-0.4, -0.2) is 36.0 Å². The highest BCUT2D eigenvalue weighted by atomic mass is 32.2. The lowest BCUT2D eigenvalue weighted by molar-refractivity contribution is 0.294. The molecule has 1 aliphatic rings. The van der Waals surface area contributed by atoms with Crippen LogP contribution in [0.25, 0.3) is 0 Å². The van der Waals surface area contributed by atoms with Gasteiger partial charge >= 0.3 is 0 Å². The van der Waals surface area contributed by atoms with E-state index in [0.29, 0.717) is 6.54 Å². The Morgan fingerprint density at radius 2 is 2.12 bits per heavy atom. The summed E-state index contributed by atoms with van der Waals surface area (Å²) in [5, 5.41) is 0. The normalized spacial score (nSPS) is 16.3. The van der Waals surface area contributed by atoms with Gasteiger partial charge in [0.15, 0.2) is 0 Å². The van der Waals surface area contributed by atoms with Crippen LogP contribution in [0.1, 0.15) is 11.1 Å². The lowest BCUT2D eigenvalue weighted by Gasteiger charge is -2.26. The monoisotopic (exact) mass is 246 g/mol. The molecule has 0 radical (unpaired) electrons. The minimum Gasteiger partial charge on any atom is -0.320 e. The average Bonchev–Trinajstić information content (AvgIpc) is 2.38. The van der Waals surface area contributed by atoms with Crippen molar-refractivity contribution in [2.24, 2.45) is 5.73 Å². The highest BCUT2D eigenvalue weighted by molar-refractivity contribution is 7.99. The Hall–Kier alpha value is -0.950. The lowest BCUT2D eigenvalue weighted by Crippen LogP contribution is -2.31. The highest BCUT2D eigenvalue weighted by Gasteiger charge is 2.10. The second-order valence-corrected chi connectivity index (χ2v) is 5.32. The smallest absolute Gasteiger partial charge is 0.0555 e. The summed E-state index contributed by atoms with van der Waals surface area (Å²) in [7, 11) is 0. The molecule has 2 N–H and O–H groups in total. The first-order valence-corrected chi connectivity index (χ1v) is 7.12. The molecule has 1 heterocycles. The molecule has 0 spiro atoms. The fourth-order valence-electron chi connectivity index (χ4n) is 1.92. The Kier molecular flexibility index (Phi) is 4.93. The fourth-order valence-corrected chi connectivity index (χ4v) is 2.90. The minimum atomic E-state index is 0.424. The van der Waals surface area contributed by atoms with Crippen molar-refractivity contribution in [2.45, 2.75) is 6.54 Å². The first-order valence-electron chi connectivity index (χ1n) is 5.96. The molecule has 0 atom stereocenters. The number of benzene rings is 1. The van der Waals surface area contributed by atoms with Crippen molar-refractivity contribution in [3.63, 3.8) is 0 Å². The van der Waals surface area contributed by atoms with Crippen molar-refractivity contribution >= 4 is 11.8 Å². The van der Waals surface area contributed by atoms with Gasteiger partial charge in [0.05, 0.1) is 6.54 Å². The van der Waals surface area contributed by atoms with E-state index in [-0.39, 0.29) is 0 Å². The van der Waals surface area contributed by atoms with Gasteiger partial charge in [-0.15, -0.1) is 0 Å². The van der Waals surface area contributed by atoms with Gasteiger partial charge in [-0.1, -0.05) is 24.0 Å². The van der Waals surface area contributed by atoms with Crippen LogP contribution in [0.2, 0.25) is 0 Å². The first-order chi connectivity index (χ1) is 8.38. The Morgan fingerprint density at radius 3 is 2.88 bits per heavy atom. The van der Waals surface area contributed by atoms with E-state index < -0.39 is 0 Å². The summed E-state index contributed by atoms with van der Waals surface area (Å²) in [4.78, 5) is 2.51. The minimum absolute atomic E-state index is 0.424. The molecule has 90 valence electrons. The summed E-state index contributed by atoms with van der Waals surface area (Å²) in [6, 6.07) is 8.46. The van der Waals surface area contributed by atoms with Crippen LogP contribution in [0.15, 0.2) is 24.3 Å². The Bertz CT molecular complexity index is 414. The number of nitrogens with zero attached hydrogens (tertiary/aromatic N) is 1. The molecule has 0 amide bonds. The van der Waals surface area contributed by atoms with Gasteiger partial charge in [0, 0.05) is 36.7 Å². The molecular formula is C14H18N2S. The largest absolute Gasteiger partial charge is 0.320 e. The van der Waals surface area contributed by atoms with Gasteiger partial charge in [-0.3, -0.25) is 4.90 Å². The second-order valence-electron chi connectivity index (χ2n) is 4.09. The lowest BCUT2D eigenvalue weighted by atomic mass is 10.1. The summed E-state index contributed by atoms with van der Waals surface area (Å²) in [6.07, 6.45) is 0. The molecule has 1 aromatic rings. The van der Waals surface area contributed by atoms with Crippen molar-refractivity contribution in [1.29, 1.82) is 0 Å². The van der Waals surface area contributed by atoms with Gasteiger partial charge in [0.25, 0.3) is 0 Å². The van der Waals surface area contributed by atoms with Crippen LogP contribution in [0.4, 0.5) is 0 Å². The SMILES string of the molecule is NCC#Cc1cccc(CN2CCSCC2)c1. The summed E-state index contributed by atoms with van der Waals surface area (Å²) in [6.45, 7) is 3.86. The van der Waals surface area contributed by atoms with E-state index in [0.717, 1.165) is 12.1 Å². The third-order valence-corrected chi connectivity index (χ3v) is 3.71. The molecule has 1 aliphatic heterocycles. The molecule has 17 heavy (non-hydrogen) atoms. The van der Waals surface area contributed by atoms with E-state index in [1.165, 1.54) is 30.2 Å². The maximum absolute atomic E-state index is 5.38. The van der Waals surface area contributed by atoms with Crippen LogP contribution in [0.3, 0.4) is 0 Å². The van der Waals surface area contributed by atoms with Crippen molar-refractivity contribution in [3.8, 4) is 11.8 Å². The summed E-state index contributed by atoms with van der Waals surface area (Å²) in [5.41, 5.74) is 7.80. The molecule has 2 rings (SSSR count). The molecule has 0 unspecified atom stereocenters. The third-order valence-electron chi connectivity index (χ3n) is 2.77. The summed E-state index contributed by atoms with van der Waals surface area (Å²) >= 11 is 2.05. The van der Waals surface area contributed by atoms with E-state index in [9.17, 15) is 0 Å². The van der Waals surface area contributed by atoms with Gasteiger partial charge in [-0.2, -0.15) is 11.8 Å². The van der Waals surface area contributed by atoms with E-state index >= 15 is 0 Å². The van der Waals surface area contributed by atoms with E-state index in [1.54, 1.807) is 0 Å². The van der Waals surface area contributed by atoms with Gasteiger partial charge in [-0.25, -0.2) is 0 Å². The molecule has 0 bridgehead atoms. The zero-order valence-corrected chi connectivity index (χ0v) is 10.8. The Labute approximate surface area is 108 Å². The Morgan fingerprint density at radius 1 is 1.29 bits per heavy atom. The summed E-state index contributed by atoms with van der Waals surface area (Å²) in [5.74, 6) is 8.49. The molecule has 2 nitrogen and oxygen atoms in total. The number of rotatable bonds is 2. The van der Waals surface area contributed by atoms with Crippen molar-refractivity contribution in [3.05, 3.63) is 35.4 Å².